The van der Waals surface area contributed by atoms with Gasteiger partial charge in [-0.25, -0.2) is 0 Å². The van der Waals surface area contributed by atoms with Crippen LogP contribution < -0.4 is 11.1 Å². The number of hydrogen-bond acceptors (Lipinski definition) is 3. The predicted octanol–water partition coefficient (Wildman–Crippen LogP) is 3.45. The number of nitrogens with two attached hydrogens (primary N) is 1. The number of nitrogen functional groups attached to an aromatic ring is 1. The molecule has 1 aromatic rings. The van der Waals surface area contributed by atoms with Crippen LogP contribution in [0.4, 0.5) is 11.4 Å². The van der Waals surface area contributed by atoms with E-state index >= 15 is 0 Å². The zero-order chi connectivity index (χ0) is 15.1. The Balaban J connectivity index is 2.57. The highest BCUT2D eigenvalue weighted by Crippen LogP contribution is 2.31. The van der Waals surface area contributed by atoms with Crippen molar-refractivity contribution in [2.75, 3.05) is 22.6 Å². The highest BCUT2D eigenvalue weighted by molar-refractivity contribution is 7.85. The first-order valence-corrected chi connectivity index (χ1v) is 8.57. The highest BCUT2D eigenvalue weighted by atomic mass is 35.5. The Morgan fingerprint density at radius 3 is 2.65 bits per heavy atom. The van der Waals surface area contributed by atoms with Crippen molar-refractivity contribution in [2.24, 2.45) is 0 Å². The van der Waals surface area contributed by atoms with E-state index in [1.807, 2.05) is 0 Å². The lowest BCUT2D eigenvalue weighted by atomic mass is 10.2. The van der Waals surface area contributed by atoms with Crippen LogP contribution in [0.5, 0.6) is 0 Å². The molecule has 0 spiro atoms. The summed E-state index contributed by atoms with van der Waals surface area (Å²) in [5, 5.41) is 3.24. The summed E-state index contributed by atoms with van der Waals surface area (Å²) in [6, 6.07) is 2.99. The number of carbonyl (C=O) groups is 1. The summed E-state index contributed by atoms with van der Waals surface area (Å²) in [5.41, 5.74) is 6.34. The SMILES string of the molecule is CCCCCS(=O)CC(=O)Nc1c(N)cc(Cl)cc1Cl. The summed E-state index contributed by atoms with van der Waals surface area (Å²) in [7, 11) is -1.16. The molecule has 112 valence electrons. The molecule has 0 heterocycles. The topological polar surface area (TPSA) is 72.2 Å². The fourth-order valence-electron chi connectivity index (χ4n) is 1.63. The molecule has 1 rings (SSSR count). The lowest BCUT2D eigenvalue weighted by Crippen LogP contribution is -2.21. The van der Waals surface area contributed by atoms with E-state index in [0.29, 0.717) is 16.5 Å². The molecule has 3 N–H and O–H groups in total. The Kier molecular flexibility index (Phi) is 7.34. The molecule has 4 nitrogen and oxygen atoms in total. The lowest BCUT2D eigenvalue weighted by molar-refractivity contribution is -0.113. The monoisotopic (exact) mass is 336 g/mol. The molecule has 1 aromatic carbocycles. The molecule has 0 aliphatic rings. The van der Waals surface area contributed by atoms with E-state index in [9.17, 15) is 9.00 Å². The molecule has 0 saturated heterocycles. The summed E-state index contributed by atoms with van der Waals surface area (Å²) in [4.78, 5) is 11.8. The summed E-state index contributed by atoms with van der Waals surface area (Å²) in [6.07, 6.45) is 2.93. The third-order valence-corrected chi connectivity index (χ3v) is 4.46. The van der Waals surface area contributed by atoms with E-state index in [1.54, 1.807) is 0 Å². The van der Waals surface area contributed by atoms with Gasteiger partial charge >= 0.3 is 0 Å². The number of nitrogens with one attached hydrogen (secondary N) is 1. The number of unbranched alkanes of at least 4 members (excludes halogenated alkanes) is 2. The fourth-order valence-corrected chi connectivity index (χ4v) is 3.22. The summed E-state index contributed by atoms with van der Waals surface area (Å²) in [6.45, 7) is 2.07. The van der Waals surface area contributed by atoms with E-state index < -0.39 is 10.8 Å². The van der Waals surface area contributed by atoms with Gasteiger partial charge < -0.3 is 11.1 Å². The highest BCUT2D eigenvalue weighted by Gasteiger charge is 2.13. The fraction of sp³-hybridized carbons (Fsp3) is 0.462. The largest absolute Gasteiger partial charge is 0.397 e. The summed E-state index contributed by atoms with van der Waals surface area (Å²) >= 11 is 11.8. The lowest BCUT2D eigenvalue weighted by Gasteiger charge is -2.10. The minimum atomic E-state index is -1.16. The second kappa shape index (κ2) is 8.49. The van der Waals surface area contributed by atoms with Crippen molar-refractivity contribution in [1.82, 2.24) is 0 Å². The molecule has 0 fully saturated rings. The van der Waals surface area contributed by atoms with Crippen LogP contribution in [0.2, 0.25) is 10.0 Å². The molecule has 0 saturated carbocycles. The van der Waals surface area contributed by atoms with Gasteiger partial charge in [-0.3, -0.25) is 9.00 Å². The van der Waals surface area contributed by atoms with E-state index in [1.165, 1.54) is 12.1 Å². The van der Waals surface area contributed by atoms with Gasteiger partial charge in [0.15, 0.2) is 0 Å². The van der Waals surface area contributed by atoms with Crippen molar-refractivity contribution in [2.45, 2.75) is 26.2 Å². The van der Waals surface area contributed by atoms with Crippen LogP contribution in [0.15, 0.2) is 12.1 Å². The second-order valence-corrected chi connectivity index (χ2v) is 6.82. The quantitative estimate of drug-likeness (QED) is 0.591. The molecule has 7 heteroatoms. The smallest absolute Gasteiger partial charge is 0.237 e. The predicted molar refractivity (Wildman–Crippen MR) is 86.9 cm³/mol. The first-order chi connectivity index (χ1) is 9.43. The first kappa shape index (κ1) is 17.3. The maximum atomic E-state index is 11.8. The van der Waals surface area contributed by atoms with E-state index in [4.69, 9.17) is 28.9 Å². The normalized spacial score (nSPS) is 12.2. The molecular formula is C13H18Cl2N2O2S. The van der Waals surface area contributed by atoms with E-state index in [2.05, 4.69) is 12.2 Å². The molecule has 0 radical (unpaired) electrons. The van der Waals surface area contributed by atoms with Crippen molar-refractivity contribution in [1.29, 1.82) is 0 Å². The molecule has 20 heavy (non-hydrogen) atoms. The van der Waals surface area contributed by atoms with Crippen LogP contribution in [0.25, 0.3) is 0 Å². The van der Waals surface area contributed by atoms with Crippen molar-refractivity contribution < 1.29 is 9.00 Å². The van der Waals surface area contributed by atoms with Gasteiger partial charge in [-0.1, -0.05) is 43.0 Å². The van der Waals surface area contributed by atoms with Crippen molar-refractivity contribution in [3.8, 4) is 0 Å². The number of rotatable bonds is 7. The number of amides is 1. The number of benzene rings is 1. The maximum absolute atomic E-state index is 11.8. The zero-order valence-corrected chi connectivity index (χ0v) is 13.6. The van der Waals surface area contributed by atoms with Gasteiger partial charge in [0.25, 0.3) is 0 Å². The third-order valence-electron chi connectivity index (χ3n) is 2.62. The molecule has 1 amide bonds. The minimum Gasteiger partial charge on any atom is -0.397 e. The Hall–Kier alpha value is -0.780. The second-order valence-electron chi connectivity index (χ2n) is 4.40. The molecule has 1 unspecified atom stereocenters. The summed E-state index contributed by atoms with van der Waals surface area (Å²) < 4.78 is 11.7. The van der Waals surface area contributed by atoms with E-state index in [0.717, 1.165) is 19.3 Å². The Labute approximate surface area is 131 Å². The third kappa shape index (κ3) is 5.69. The first-order valence-electron chi connectivity index (χ1n) is 6.33. The van der Waals surface area contributed by atoms with Crippen LogP contribution in [0.3, 0.4) is 0 Å². The van der Waals surface area contributed by atoms with Crippen LogP contribution >= 0.6 is 23.2 Å². The van der Waals surface area contributed by atoms with Gasteiger partial charge in [0.05, 0.1) is 16.4 Å². The van der Waals surface area contributed by atoms with Gasteiger partial charge in [0, 0.05) is 21.6 Å². The standard InChI is InChI=1S/C13H18Cl2N2O2S/c1-2-3-4-5-20(19)8-12(18)17-13-10(15)6-9(14)7-11(13)16/h6-7H,2-5,8,16H2,1H3,(H,17,18). The Bertz CT molecular complexity index is 486. The van der Waals surface area contributed by atoms with Gasteiger partial charge in [0.2, 0.25) is 5.91 Å². The average Bonchev–Trinajstić information content (AvgIpc) is 2.34. The molecule has 0 aliphatic heterocycles. The Morgan fingerprint density at radius 1 is 1.35 bits per heavy atom. The van der Waals surface area contributed by atoms with Crippen LogP contribution in [0, 0.1) is 0 Å². The number of halogens is 2. The van der Waals surface area contributed by atoms with Crippen molar-refractivity contribution >= 4 is 51.3 Å². The number of hydrogen-bond donors (Lipinski definition) is 2. The molecular weight excluding hydrogens is 319 g/mol. The van der Waals surface area contributed by atoms with Gasteiger partial charge in [-0.05, 0) is 18.6 Å². The molecule has 1 atom stereocenters. The molecule has 0 aromatic heterocycles. The maximum Gasteiger partial charge on any atom is 0.237 e. The van der Waals surface area contributed by atoms with Gasteiger partial charge in [0.1, 0.15) is 5.75 Å². The number of carbonyl (C=O) groups excluding carboxylic acids is 1. The van der Waals surface area contributed by atoms with E-state index in [-0.39, 0.29) is 22.4 Å². The van der Waals surface area contributed by atoms with Crippen LogP contribution in [0.1, 0.15) is 26.2 Å². The van der Waals surface area contributed by atoms with Crippen molar-refractivity contribution in [3.63, 3.8) is 0 Å². The Morgan fingerprint density at radius 2 is 2.05 bits per heavy atom. The molecule has 0 aliphatic carbocycles. The molecule has 0 bridgehead atoms. The summed E-state index contributed by atoms with van der Waals surface area (Å²) in [5.74, 6) is 0.114. The number of anilines is 2. The van der Waals surface area contributed by atoms with Crippen LogP contribution in [-0.4, -0.2) is 21.6 Å². The van der Waals surface area contributed by atoms with Gasteiger partial charge in [-0.2, -0.15) is 0 Å². The van der Waals surface area contributed by atoms with Gasteiger partial charge in [-0.15, -0.1) is 0 Å². The van der Waals surface area contributed by atoms with Crippen molar-refractivity contribution in [3.05, 3.63) is 22.2 Å². The average molecular weight is 337 g/mol. The minimum absolute atomic E-state index is 0.0535. The zero-order valence-electron chi connectivity index (χ0n) is 11.2. The van der Waals surface area contributed by atoms with Crippen LogP contribution in [-0.2, 0) is 15.6 Å².